The predicted octanol–water partition coefficient (Wildman–Crippen LogP) is 3.74. The predicted molar refractivity (Wildman–Crippen MR) is 137 cm³/mol. The second-order valence-corrected chi connectivity index (χ2v) is 9.00. The van der Waals surface area contributed by atoms with Crippen LogP contribution in [0.15, 0.2) is 84.9 Å². The summed E-state index contributed by atoms with van der Waals surface area (Å²) in [6, 6.07) is 25.4. The van der Waals surface area contributed by atoms with Crippen molar-refractivity contribution in [3.63, 3.8) is 0 Å². The SMILES string of the molecule is NC(=O)[C@H](CCCc1ccccc1)NC(=O)[C@@H]1Cc2ccccc2CN1C(=O)OCc1ccccc1. The van der Waals surface area contributed by atoms with Gasteiger partial charge in [0.05, 0.1) is 6.54 Å². The molecule has 186 valence electrons. The lowest BCUT2D eigenvalue weighted by atomic mass is 9.93. The molecule has 4 rings (SSSR count). The molecule has 36 heavy (non-hydrogen) atoms. The van der Waals surface area contributed by atoms with Crippen molar-refractivity contribution in [3.05, 3.63) is 107 Å². The summed E-state index contributed by atoms with van der Waals surface area (Å²) in [5.41, 5.74) is 9.59. The lowest BCUT2D eigenvalue weighted by Crippen LogP contribution is -2.56. The molecule has 0 spiro atoms. The Labute approximate surface area is 211 Å². The largest absolute Gasteiger partial charge is 0.445 e. The van der Waals surface area contributed by atoms with Crippen molar-refractivity contribution in [1.29, 1.82) is 0 Å². The maximum atomic E-state index is 13.4. The van der Waals surface area contributed by atoms with E-state index in [0.29, 0.717) is 19.3 Å². The van der Waals surface area contributed by atoms with Gasteiger partial charge < -0.3 is 15.8 Å². The maximum Gasteiger partial charge on any atom is 0.411 e. The van der Waals surface area contributed by atoms with Gasteiger partial charge in [-0.05, 0) is 41.5 Å². The molecule has 0 aromatic heterocycles. The van der Waals surface area contributed by atoms with E-state index in [4.69, 9.17) is 10.5 Å². The van der Waals surface area contributed by atoms with Crippen LogP contribution in [0, 0.1) is 0 Å². The summed E-state index contributed by atoms with van der Waals surface area (Å²) in [6.07, 6.45) is 1.63. The Morgan fingerprint density at radius 2 is 1.50 bits per heavy atom. The Morgan fingerprint density at radius 1 is 0.889 bits per heavy atom. The van der Waals surface area contributed by atoms with Gasteiger partial charge in [-0.25, -0.2) is 4.79 Å². The summed E-state index contributed by atoms with van der Waals surface area (Å²) in [5, 5.41) is 2.80. The number of benzene rings is 3. The first-order valence-corrected chi connectivity index (χ1v) is 12.2. The van der Waals surface area contributed by atoms with Crippen LogP contribution in [0.2, 0.25) is 0 Å². The number of primary amides is 1. The molecule has 0 saturated heterocycles. The molecule has 3 amide bonds. The van der Waals surface area contributed by atoms with Crippen molar-refractivity contribution in [3.8, 4) is 0 Å². The van der Waals surface area contributed by atoms with E-state index in [1.165, 1.54) is 4.90 Å². The zero-order valence-corrected chi connectivity index (χ0v) is 20.1. The first kappa shape index (κ1) is 25.0. The van der Waals surface area contributed by atoms with E-state index < -0.39 is 30.0 Å². The number of ether oxygens (including phenoxy) is 1. The van der Waals surface area contributed by atoms with E-state index in [1.54, 1.807) is 0 Å². The molecule has 3 N–H and O–H groups in total. The van der Waals surface area contributed by atoms with E-state index in [0.717, 1.165) is 28.7 Å². The van der Waals surface area contributed by atoms with Crippen molar-refractivity contribution < 1.29 is 19.1 Å². The molecule has 0 bridgehead atoms. The van der Waals surface area contributed by atoms with Crippen LogP contribution in [0.3, 0.4) is 0 Å². The minimum Gasteiger partial charge on any atom is -0.445 e. The summed E-state index contributed by atoms with van der Waals surface area (Å²) >= 11 is 0. The van der Waals surface area contributed by atoms with E-state index in [9.17, 15) is 14.4 Å². The third kappa shape index (κ3) is 6.50. The van der Waals surface area contributed by atoms with Gasteiger partial charge in [0.2, 0.25) is 11.8 Å². The van der Waals surface area contributed by atoms with Gasteiger partial charge in [0.1, 0.15) is 18.7 Å². The van der Waals surface area contributed by atoms with Gasteiger partial charge in [-0.1, -0.05) is 84.9 Å². The van der Waals surface area contributed by atoms with Crippen LogP contribution in [-0.4, -0.2) is 34.9 Å². The first-order chi connectivity index (χ1) is 17.5. The van der Waals surface area contributed by atoms with Gasteiger partial charge in [0.25, 0.3) is 0 Å². The van der Waals surface area contributed by atoms with Crippen LogP contribution < -0.4 is 11.1 Å². The molecule has 0 fully saturated rings. The highest BCUT2D eigenvalue weighted by molar-refractivity contribution is 5.91. The number of nitrogens with zero attached hydrogens (tertiary/aromatic N) is 1. The van der Waals surface area contributed by atoms with Gasteiger partial charge >= 0.3 is 6.09 Å². The number of rotatable bonds is 9. The van der Waals surface area contributed by atoms with Gasteiger partial charge in [-0.2, -0.15) is 0 Å². The molecule has 7 heteroatoms. The van der Waals surface area contributed by atoms with E-state index in [1.807, 2.05) is 84.9 Å². The molecular formula is C29H31N3O4. The molecule has 2 atom stereocenters. The van der Waals surface area contributed by atoms with Gasteiger partial charge in [0, 0.05) is 6.42 Å². The second-order valence-electron chi connectivity index (χ2n) is 9.00. The molecular weight excluding hydrogens is 454 g/mol. The minimum absolute atomic E-state index is 0.107. The van der Waals surface area contributed by atoms with Gasteiger partial charge in [-0.15, -0.1) is 0 Å². The lowest BCUT2D eigenvalue weighted by molar-refractivity contribution is -0.131. The molecule has 0 aliphatic carbocycles. The van der Waals surface area contributed by atoms with Crippen molar-refractivity contribution in [1.82, 2.24) is 10.2 Å². The average molecular weight is 486 g/mol. The highest BCUT2D eigenvalue weighted by atomic mass is 16.6. The van der Waals surface area contributed by atoms with Crippen LogP contribution >= 0.6 is 0 Å². The number of nitrogens with one attached hydrogen (secondary N) is 1. The highest BCUT2D eigenvalue weighted by Gasteiger charge is 2.36. The van der Waals surface area contributed by atoms with Crippen molar-refractivity contribution in [2.45, 2.75) is 50.9 Å². The number of amides is 3. The molecule has 7 nitrogen and oxygen atoms in total. The van der Waals surface area contributed by atoms with Crippen LogP contribution in [0.4, 0.5) is 4.79 Å². The fraction of sp³-hybridized carbons (Fsp3) is 0.276. The fourth-order valence-corrected chi connectivity index (χ4v) is 4.46. The zero-order valence-electron chi connectivity index (χ0n) is 20.1. The molecule has 1 aliphatic rings. The smallest absolute Gasteiger partial charge is 0.411 e. The van der Waals surface area contributed by atoms with Crippen molar-refractivity contribution in [2.75, 3.05) is 0 Å². The second kappa shape index (κ2) is 12.0. The van der Waals surface area contributed by atoms with Crippen LogP contribution in [0.1, 0.15) is 35.1 Å². The quantitative estimate of drug-likeness (QED) is 0.482. The normalized spacial score (nSPS) is 15.4. The topological polar surface area (TPSA) is 102 Å². The molecule has 0 unspecified atom stereocenters. The highest BCUT2D eigenvalue weighted by Crippen LogP contribution is 2.25. The molecule has 1 heterocycles. The Morgan fingerprint density at radius 3 is 2.17 bits per heavy atom. The molecule has 0 radical (unpaired) electrons. The summed E-state index contributed by atoms with van der Waals surface area (Å²) in [6.45, 7) is 0.354. The lowest BCUT2D eigenvalue weighted by Gasteiger charge is -2.35. The van der Waals surface area contributed by atoms with E-state index >= 15 is 0 Å². The van der Waals surface area contributed by atoms with Crippen LogP contribution in [-0.2, 0) is 40.3 Å². The Balaban J connectivity index is 1.43. The number of hydrogen-bond donors (Lipinski definition) is 2. The van der Waals surface area contributed by atoms with Gasteiger partial charge in [-0.3, -0.25) is 14.5 Å². The number of aryl methyl sites for hydroxylation is 1. The summed E-state index contributed by atoms with van der Waals surface area (Å²) < 4.78 is 5.54. The first-order valence-electron chi connectivity index (χ1n) is 12.2. The fourth-order valence-electron chi connectivity index (χ4n) is 4.46. The standard InChI is InChI=1S/C29H31N3O4/c30-27(33)25(17-9-14-21-10-3-1-4-11-21)31-28(34)26-18-23-15-7-8-16-24(23)19-32(26)29(35)36-20-22-12-5-2-6-13-22/h1-8,10-13,15-16,25-26H,9,14,17-20H2,(H2,30,33)(H,31,34)/t25-,26-/m0/s1. The Bertz CT molecular complexity index is 1180. The minimum atomic E-state index is -0.819. The maximum absolute atomic E-state index is 13.4. The Hall–Kier alpha value is -4.13. The number of carbonyl (C=O) groups excluding carboxylic acids is 3. The molecule has 3 aromatic carbocycles. The third-order valence-corrected chi connectivity index (χ3v) is 6.45. The number of fused-ring (bicyclic) bond motifs is 1. The van der Waals surface area contributed by atoms with Crippen molar-refractivity contribution >= 4 is 17.9 Å². The van der Waals surface area contributed by atoms with E-state index in [-0.39, 0.29) is 13.2 Å². The van der Waals surface area contributed by atoms with Crippen LogP contribution in [0.5, 0.6) is 0 Å². The summed E-state index contributed by atoms with van der Waals surface area (Å²) in [5.74, 6) is -1.00. The number of hydrogen-bond acceptors (Lipinski definition) is 4. The van der Waals surface area contributed by atoms with E-state index in [2.05, 4.69) is 5.32 Å². The van der Waals surface area contributed by atoms with Crippen molar-refractivity contribution in [2.24, 2.45) is 5.73 Å². The molecule has 1 aliphatic heterocycles. The number of carbonyl (C=O) groups is 3. The molecule has 0 saturated carbocycles. The monoisotopic (exact) mass is 485 g/mol. The summed E-state index contributed by atoms with van der Waals surface area (Å²) in [4.78, 5) is 40.0. The Kier molecular flexibility index (Phi) is 8.34. The number of nitrogens with two attached hydrogens (primary N) is 1. The zero-order chi connectivity index (χ0) is 25.3. The molecule has 3 aromatic rings. The van der Waals surface area contributed by atoms with Crippen LogP contribution in [0.25, 0.3) is 0 Å². The third-order valence-electron chi connectivity index (χ3n) is 6.45. The van der Waals surface area contributed by atoms with Gasteiger partial charge in [0.15, 0.2) is 0 Å². The summed E-state index contributed by atoms with van der Waals surface area (Å²) in [7, 11) is 0. The average Bonchev–Trinajstić information content (AvgIpc) is 2.91.